The predicted octanol–water partition coefficient (Wildman–Crippen LogP) is 4.58. The van der Waals surface area contributed by atoms with Gasteiger partial charge in [0.05, 0.1) is 11.8 Å². The number of carbonyl (C=O) groups excluding carboxylic acids is 1. The predicted molar refractivity (Wildman–Crippen MR) is 108 cm³/mol. The Morgan fingerprint density at radius 2 is 2.12 bits per heavy atom. The van der Waals surface area contributed by atoms with Crippen molar-refractivity contribution in [3.05, 3.63) is 46.3 Å². The number of aromatic nitrogens is 3. The van der Waals surface area contributed by atoms with Gasteiger partial charge in [0.1, 0.15) is 10.1 Å². The van der Waals surface area contributed by atoms with Crippen molar-refractivity contribution in [2.75, 3.05) is 12.4 Å². The van der Waals surface area contributed by atoms with Crippen LogP contribution < -0.4 is 10.6 Å². The molecule has 1 atom stereocenters. The first-order chi connectivity index (χ1) is 12.4. The Hall–Kier alpha value is -2.41. The van der Waals surface area contributed by atoms with Gasteiger partial charge in [-0.1, -0.05) is 13.0 Å². The van der Waals surface area contributed by atoms with Crippen LogP contribution in [0.2, 0.25) is 0 Å². The Bertz CT molecular complexity index is 966. The first-order valence-electron chi connectivity index (χ1n) is 8.57. The van der Waals surface area contributed by atoms with Crippen LogP contribution in [-0.2, 0) is 0 Å². The van der Waals surface area contributed by atoms with Crippen LogP contribution in [0.4, 0.5) is 11.5 Å². The summed E-state index contributed by atoms with van der Waals surface area (Å²) in [6.07, 6.45) is 2.84. The van der Waals surface area contributed by atoms with Gasteiger partial charge >= 0.3 is 0 Å². The monoisotopic (exact) mass is 415 g/mol. The molecule has 3 rings (SSSR count). The average molecular weight is 416 g/mol. The molecule has 2 aromatic heterocycles. The number of fused-ring (bicyclic) bond motifs is 1. The first-order valence-corrected chi connectivity index (χ1v) is 9.36. The second-order valence-electron chi connectivity index (χ2n) is 6.30. The molecule has 0 fully saturated rings. The number of nitrogens with one attached hydrogen (secondary N) is 2. The molecule has 0 bridgehead atoms. The zero-order valence-corrected chi connectivity index (χ0v) is 16.9. The molecular formula is C19H22BrN5O. The second-order valence-corrected chi connectivity index (χ2v) is 7.12. The quantitative estimate of drug-likeness (QED) is 0.598. The number of amides is 1. The number of imidazole rings is 1. The molecule has 3 aromatic rings. The van der Waals surface area contributed by atoms with Crippen molar-refractivity contribution >= 4 is 44.4 Å². The van der Waals surface area contributed by atoms with E-state index in [1.807, 2.05) is 37.5 Å². The summed E-state index contributed by atoms with van der Waals surface area (Å²) in [5.41, 5.74) is 4.18. The Labute approximate surface area is 161 Å². The summed E-state index contributed by atoms with van der Waals surface area (Å²) in [6, 6.07) is 7.92. The molecule has 0 saturated carbocycles. The van der Waals surface area contributed by atoms with Crippen LogP contribution in [0.3, 0.4) is 0 Å². The van der Waals surface area contributed by atoms with Gasteiger partial charge < -0.3 is 15.2 Å². The van der Waals surface area contributed by atoms with Gasteiger partial charge in [-0.25, -0.2) is 9.97 Å². The number of hydrogen-bond acceptors (Lipinski definition) is 4. The minimum Gasteiger partial charge on any atom is -0.355 e. The van der Waals surface area contributed by atoms with Gasteiger partial charge in [0.2, 0.25) is 0 Å². The van der Waals surface area contributed by atoms with Gasteiger partial charge in [0.15, 0.2) is 5.82 Å². The van der Waals surface area contributed by atoms with Gasteiger partial charge in [0.25, 0.3) is 5.91 Å². The number of benzene rings is 1. The van der Waals surface area contributed by atoms with Crippen molar-refractivity contribution < 1.29 is 4.79 Å². The molecule has 7 heteroatoms. The van der Waals surface area contributed by atoms with Crippen LogP contribution in [0.15, 0.2) is 35.2 Å². The van der Waals surface area contributed by atoms with Crippen LogP contribution in [0.5, 0.6) is 0 Å². The Morgan fingerprint density at radius 1 is 1.35 bits per heavy atom. The third-order valence-electron chi connectivity index (χ3n) is 4.56. The van der Waals surface area contributed by atoms with E-state index in [1.54, 1.807) is 7.05 Å². The van der Waals surface area contributed by atoms with Gasteiger partial charge in [-0.3, -0.25) is 4.79 Å². The van der Waals surface area contributed by atoms with Crippen LogP contribution in [0.1, 0.15) is 42.2 Å². The Balaban J connectivity index is 2.09. The molecule has 136 valence electrons. The summed E-state index contributed by atoms with van der Waals surface area (Å²) in [5.74, 6) is 0.599. The van der Waals surface area contributed by atoms with Gasteiger partial charge in [-0.05, 0) is 60.0 Å². The van der Waals surface area contributed by atoms with Crippen LogP contribution in [0, 0.1) is 6.92 Å². The molecule has 1 unspecified atom stereocenters. The summed E-state index contributed by atoms with van der Waals surface area (Å²) in [4.78, 5) is 21.2. The molecule has 0 saturated heterocycles. The molecule has 0 spiro atoms. The van der Waals surface area contributed by atoms with Crippen molar-refractivity contribution in [3.63, 3.8) is 0 Å². The van der Waals surface area contributed by atoms with Gasteiger partial charge in [-0.15, -0.1) is 0 Å². The number of anilines is 2. The van der Waals surface area contributed by atoms with Crippen molar-refractivity contribution in [2.24, 2.45) is 0 Å². The highest BCUT2D eigenvalue weighted by Crippen LogP contribution is 2.30. The van der Waals surface area contributed by atoms with E-state index in [0.29, 0.717) is 22.0 Å². The molecule has 2 heterocycles. The zero-order valence-electron chi connectivity index (χ0n) is 15.3. The van der Waals surface area contributed by atoms with E-state index < -0.39 is 0 Å². The second kappa shape index (κ2) is 7.45. The smallest absolute Gasteiger partial charge is 0.251 e. The molecule has 6 nitrogen and oxygen atoms in total. The summed E-state index contributed by atoms with van der Waals surface area (Å²) >= 11 is 3.46. The lowest BCUT2D eigenvalue weighted by atomic mass is 10.1. The maximum absolute atomic E-state index is 12.1. The van der Waals surface area contributed by atoms with E-state index >= 15 is 0 Å². The molecule has 0 aliphatic carbocycles. The highest BCUT2D eigenvalue weighted by molar-refractivity contribution is 9.10. The number of nitrogens with zero attached hydrogens (tertiary/aromatic N) is 3. The summed E-state index contributed by atoms with van der Waals surface area (Å²) < 4.78 is 2.84. The first kappa shape index (κ1) is 18.4. The Kier molecular flexibility index (Phi) is 5.27. The third-order valence-corrected chi connectivity index (χ3v) is 4.96. The van der Waals surface area contributed by atoms with E-state index in [9.17, 15) is 4.79 Å². The average Bonchev–Trinajstić information content (AvgIpc) is 3.05. The third kappa shape index (κ3) is 3.44. The lowest BCUT2D eigenvalue weighted by molar-refractivity contribution is 0.0962. The number of rotatable bonds is 5. The van der Waals surface area contributed by atoms with Crippen molar-refractivity contribution in [1.29, 1.82) is 0 Å². The lowest BCUT2D eigenvalue weighted by Gasteiger charge is -2.15. The number of aryl methyl sites for hydroxylation is 1. The highest BCUT2D eigenvalue weighted by atomic mass is 79.9. The molecule has 0 radical (unpaired) electrons. The number of carbonyl (C=O) groups is 1. The fourth-order valence-corrected chi connectivity index (χ4v) is 3.26. The minimum absolute atomic E-state index is 0.108. The molecule has 26 heavy (non-hydrogen) atoms. The SMILES string of the molecule is CCC(C)n1cnc2cc(Br)nc(Nc3ccc(C)c(C(=O)NC)c3)c21. The van der Waals surface area contributed by atoms with E-state index in [2.05, 4.69) is 54.9 Å². The molecule has 1 aromatic carbocycles. The van der Waals surface area contributed by atoms with Crippen molar-refractivity contribution in [3.8, 4) is 0 Å². The molecule has 1 amide bonds. The maximum atomic E-state index is 12.1. The van der Waals surface area contributed by atoms with E-state index in [0.717, 1.165) is 28.7 Å². The fourth-order valence-electron chi connectivity index (χ4n) is 2.86. The topological polar surface area (TPSA) is 71.8 Å². The van der Waals surface area contributed by atoms with Gasteiger partial charge in [0, 0.05) is 24.3 Å². The van der Waals surface area contributed by atoms with E-state index in [4.69, 9.17) is 0 Å². The largest absolute Gasteiger partial charge is 0.355 e. The molecule has 0 aliphatic heterocycles. The number of pyridine rings is 1. The zero-order chi connectivity index (χ0) is 18.8. The molecule has 0 aliphatic rings. The molecule has 2 N–H and O–H groups in total. The standard InChI is InChI=1S/C19H22BrN5O/c1-5-12(3)25-10-22-15-9-16(20)24-18(17(15)25)23-13-7-6-11(2)14(8-13)19(26)21-4/h6-10,12H,5H2,1-4H3,(H,21,26)(H,23,24). The highest BCUT2D eigenvalue weighted by Gasteiger charge is 2.15. The number of halogens is 1. The molecular weight excluding hydrogens is 394 g/mol. The van der Waals surface area contributed by atoms with Crippen LogP contribution in [-0.4, -0.2) is 27.5 Å². The lowest BCUT2D eigenvalue weighted by Crippen LogP contribution is -2.19. The minimum atomic E-state index is -0.108. The van der Waals surface area contributed by atoms with Gasteiger partial charge in [-0.2, -0.15) is 0 Å². The van der Waals surface area contributed by atoms with Crippen molar-refractivity contribution in [2.45, 2.75) is 33.2 Å². The summed E-state index contributed by atoms with van der Waals surface area (Å²) in [6.45, 7) is 6.22. The van der Waals surface area contributed by atoms with Crippen LogP contribution >= 0.6 is 15.9 Å². The number of hydrogen-bond donors (Lipinski definition) is 2. The Morgan fingerprint density at radius 3 is 2.81 bits per heavy atom. The summed E-state index contributed by atoms with van der Waals surface area (Å²) in [5, 5.41) is 6.03. The maximum Gasteiger partial charge on any atom is 0.251 e. The normalized spacial score (nSPS) is 12.2. The summed E-state index contributed by atoms with van der Waals surface area (Å²) in [7, 11) is 1.63. The van der Waals surface area contributed by atoms with Crippen LogP contribution in [0.25, 0.3) is 11.0 Å². The van der Waals surface area contributed by atoms with Crippen molar-refractivity contribution in [1.82, 2.24) is 19.9 Å². The fraction of sp³-hybridized carbons (Fsp3) is 0.316. The van der Waals surface area contributed by atoms with E-state index in [-0.39, 0.29) is 5.91 Å². The van der Waals surface area contributed by atoms with E-state index in [1.165, 1.54) is 0 Å².